The monoisotopic (exact) mass is 270 g/mol. The highest BCUT2D eigenvalue weighted by Gasteiger charge is 2.15. The van der Waals surface area contributed by atoms with E-state index in [4.69, 9.17) is 4.84 Å². The third kappa shape index (κ3) is 2.93. The lowest BCUT2D eigenvalue weighted by Crippen LogP contribution is -2.30. The molecule has 0 aliphatic carbocycles. The molecule has 2 aromatic rings. The van der Waals surface area contributed by atoms with Crippen LogP contribution in [0.25, 0.3) is 5.70 Å². The minimum absolute atomic E-state index is 0.106. The van der Waals surface area contributed by atoms with Crippen LogP contribution in [0.2, 0.25) is 0 Å². The summed E-state index contributed by atoms with van der Waals surface area (Å²) in [5, 5.41) is 5.65. The van der Waals surface area contributed by atoms with Crippen LogP contribution in [0.15, 0.2) is 59.8 Å². The second-order valence-electron chi connectivity index (χ2n) is 4.37. The van der Waals surface area contributed by atoms with Gasteiger partial charge in [0.1, 0.15) is 0 Å². The fourth-order valence-electron chi connectivity index (χ4n) is 1.85. The van der Waals surface area contributed by atoms with Crippen molar-refractivity contribution in [2.75, 3.05) is 6.54 Å². The number of nitrogens with one attached hydrogen (secondary N) is 1. The van der Waals surface area contributed by atoms with Gasteiger partial charge in [-0.15, -0.1) is 0 Å². The van der Waals surface area contributed by atoms with Gasteiger partial charge in [0.15, 0.2) is 5.43 Å². The van der Waals surface area contributed by atoms with Gasteiger partial charge in [0, 0.05) is 18.5 Å². The average Bonchev–Trinajstić information content (AvgIpc) is 2.96. The summed E-state index contributed by atoms with van der Waals surface area (Å²) in [6, 6.07) is 11.4. The maximum atomic E-state index is 11.0. The molecular formula is C14H14N4O2. The first-order valence-corrected chi connectivity index (χ1v) is 6.26. The largest absolute Gasteiger partial charge is 0.301 e. The molecule has 0 atom stereocenters. The van der Waals surface area contributed by atoms with Crippen LogP contribution in [0.5, 0.6) is 0 Å². The van der Waals surface area contributed by atoms with Crippen molar-refractivity contribution in [3.8, 4) is 0 Å². The third-order valence-corrected chi connectivity index (χ3v) is 2.89. The van der Waals surface area contributed by atoms with Crippen LogP contribution in [0.1, 0.15) is 5.56 Å². The summed E-state index contributed by atoms with van der Waals surface area (Å²) in [4.78, 5) is 16.6. The average molecular weight is 270 g/mol. The van der Waals surface area contributed by atoms with Crippen LogP contribution >= 0.6 is 0 Å². The van der Waals surface area contributed by atoms with Crippen molar-refractivity contribution in [1.29, 1.82) is 0 Å². The Bertz CT molecular complexity index is 646. The molecule has 102 valence electrons. The van der Waals surface area contributed by atoms with E-state index in [0.717, 1.165) is 11.3 Å². The van der Waals surface area contributed by atoms with Crippen molar-refractivity contribution < 1.29 is 4.84 Å². The van der Waals surface area contributed by atoms with Crippen molar-refractivity contribution in [1.82, 2.24) is 20.4 Å². The van der Waals surface area contributed by atoms with Crippen molar-refractivity contribution >= 4 is 5.70 Å². The molecule has 20 heavy (non-hydrogen) atoms. The molecule has 0 spiro atoms. The number of hydrogen-bond donors (Lipinski definition) is 1. The van der Waals surface area contributed by atoms with E-state index < -0.39 is 0 Å². The highest BCUT2D eigenvalue weighted by atomic mass is 16.7. The summed E-state index contributed by atoms with van der Waals surface area (Å²) in [7, 11) is 0. The first-order valence-electron chi connectivity index (χ1n) is 6.26. The Morgan fingerprint density at radius 2 is 2.10 bits per heavy atom. The maximum absolute atomic E-state index is 11.0. The first kappa shape index (κ1) is 12.6. The Balaban J connectivity index is 1.56. The Labute approximate surface area is 115 Å². The summed E-state index contributed by atoms with van der Waals surface area (Å²) >= 11 is 0. The topological polar surface area (TPSA) is 59.4 Å². The highest BCUT2D eigenvalue weighted by Crippen LogP contribution is 2.10. The molecule has 1 N–H and O–H groups in total. The fraction of sp³-hybridized carbons (Fsp3) is 0.143. The summed E-state index contributed by atoms with van der Waals surface area (Å²) < 4.78 is 1.64. The minimum atomic E-state index is -0.106. The molecule has 1 aromatic heterocycles. The summed E-state index contributed by atoms with van der Waals surface area (Å²) in [5.41, 5.74) is 4.90. The zero-order valence-electron chi connectivity index (χ0n) is 10.8. The summed E-state index contributed by atoms with van der Waals surface area (Å²) in [5.74, 6) is 0. The predicted octanol–water partition coefficient (Wildman–Crippen LogP) is 0.994. The van der Waals surface area contributed by atoms with Crippen LogP contribution in [0, 0.1) is 0 Å². The third-order valence-electron chi connectivity index (χ3n) is 2.89. The number of hydroxylamine groups is 1. The van der Waals surface area contributed by atoms with Gasteiger partial charge >= 0.3 is 0 Å². The van der Waals surface area contributed by atoms with Gasteiger partial charge in [-0.1, -0.05) is 35.5 Å². The van der Waals surface area contributed by atoms with Gasteiger partial charge in [0.2, 0.25) is 0 Å². The Hall–Kier alpha value is -2.44. The maximum Gasteiger partial charge on any atom is 0.200 e. The lowest BCUT2D eigenvalue weighted by molar-refractivity contribution is -0.182. The van der Waals surface area contributed by atoms with Crippen LogP contribution in [-0.2, 0) is 11.4 Å². The zero-order chi connectivity index (χ0) is 13.8. The van der Waals surface area contributed by atoms with Crippen LogP contribution in [0.4, 0.5) is 0 Å². The van der Waals surface area contributed by atoms with Gasteiger partial charge in [-0.25, -0.2) is 4.68 Å². The molecule has 0 bridgehead atoms. The molecule has 6 heteroatoms. The summed E-state index contributed by atoms with van der Waals surface area (Å²) in [6.45, 7) is 1.04. The molecule has 3 rings (SSSR count). The van der Waals surface area contributed by atoms with E-state index in [1.807, 2.05) is 30.3 Å². The predicted molar refractivity (Wildman–Crippen MR) is 73.8 cm³/mol. The second-order valence-corrected chi connectivity index (χ2v) is 4.37. The molecule has 2 heterocycles. The molecule has 6 nitrogen and oxygen atoms in total. The van der Waals surface area contributed by atoms with Gasteiger partial charge < -0.3 is 5.43 Å². The van der Waals surface area contributed by atoms with Crippen molar-refractivity contribution in [2.24, 2.45) is 0 Å². The molecule has 0 unspecified atom stereocenters. The second kappa shape index (κ2) is 5.68. The Morgan fingerprint density at radius 1 is 1.25 bits per heavy atom. The smallest absolute Gasteiger partial charge is 0.200 e. The Kier molecular flexibility index (Phi) is 3.58. The standard InChI is InChI=1S/C14H14N4O2/c19-14-6-7-17(15-9-14)13-8-16-18(10-13)20-11-12-4-2-1-3-5-12/h1-9,16H,10-11H2. The van der Waals surface area contributed by atoms with E-state index in [9.17, 15) is 4.79 Å². The molecule has 0 radical (unpaired) electrons. The van der Waals surface area contributed by atoms with Crippen molar-refractivity contribution in [3.63, 3.8) is 0 Å². The van der Waals surface area contributed by atoms with E-state index in [1.165, 1.54) is 12.3 Å². The molecule has 0 fully saturated rings. The number of aromatic nitrogens is 2. The number of hydrazine groups is 1. The van der Waals surface area contributed by atoms with Gasteiger partial charge in [-0.3, -0.25) is 9.63 Å². The molecule has 1 aliphatic heterocycles. The lowest BCUT2D eigenvalue weighted by Gasteiger charge is -2.16. The molecule has 0 saturated carbocycles. The lowest BCUT2D eigenvalue weighted by atomic mass is 10.2. The van der Waals surface area contributed by atoms with E-state index >= 15 is 0 Å². The first-order chi connectivity index (χ1) is 9.81. The molecular weight excluding hydrogens is 256 g/mol. The minimum Gasteiger partial charge on any atom is -0.301 e. The van der Waals surface area contributed by atoms with E-state index in [0.29, 0.717) is 13.2 Å². The molecule has 0 amide bonds. The SMILES string of the molecule is O=c1ccn(C2=CNN(OCc3ccccc3)C2)nc1. The molecule has 0 saturated heterocycles. The van der Waals surface area contributed by atoms with Crippen molar-refractivity contribution in [2.45, 2.75) is 6.61 Å². The van der Waals surface area contributed by atoms with Gasteiger partial charge in [0.05, 0.1) is 25.0 Å². The van der Waals surface area contributed by atoms with Crippen LogP contribution < -0.4 is 10.9 Å². The normalized spacial score (nSPS) is 14.9. The van der Waals surface area contributed by atoms with E-state index in [1.54, 1.807) is 22.3 Å². The van der Waals surface area contributed by atoms with Gasteiger partial charge in [-0.2, -0.15) is 5.10 Å². The quantitative estimate of drug-likeness (QED) is 0.898. The number of benzene rings is 1. The fourth-order valence-corrected chi connectivity index (χ4v) is 1.85. The van der Waals surface area contributed by atoms with Gasteiger partial charge in [-0.05, 0) is 5.56 Å². The van der Waals surface area contributed by atoms with Crippen molar-refractivity contribution in [3.05, 3.63) is 70.8 Å². The number of rotatable bonds is 4. The Morgan fingerprint density at radius 3 is 2.85 bits per heavy atom. The number of hydrogen-bond acceptors (Lipinski definition) is 5. The number of nitrogens with zero attached hydrogens (tertiary/aromatic N) is 3. The molecule has 1 aliphatic rings. The summed E-state index contributed by atoms with van der Waals surface area (Å²) in [6.07, 6.45) is 4.72. The zero-order valence-corrected chi connectivity index (χ0v) is 10.8. The van der Waals surface area contributed by atoms with E-state index in [2.05, 4.69) is 10.5 Å². The van der Waals surface area contributed by atoms with E-state index in [-0.39, 0.29) is 5.43 Å². The molecule has 1 aromatic carbocycles. The highest BCUT2D eigenvalue weighted by molar-refractivity contribution is 5.46. The van der Waals surface area contributed by atoms with Crippen LogP contribution in [0.3, 0.4) is 0 Å². The van der Waals surface area contributed by atoms with Crippen LogP contribution in [-0.4, -0.2) is 21.5 Å². The van der Waals surface area contributed by atoms with Gasteiger partial charge in [0.25, 0.3) is 0 Å².